The smallest absolute Gasteiger partial charge is 0.407 e. The number of hydrogen-bond donors (Lipinski definition) is 2. The minimum atomic E-state index is -0.401. The number of rotatable bonds is 7. The third-order valence-electron chi connectivity index (χ3n) is 5.19. The van der Waals surface area contributed by atoms with E-state index >= 15 is 0 Å². The lowest BCUT2D eigenvalue weighted by molar-refractivity contribution is -0.116. The highest BCUT2D eigenvalue weighted by Crippen LogP contribution is 2.39. The van der Waals surface area contributed by atoms with Crippen LogP contribution in [0.15, 0.2) is 24.4 Å². The molecule has 8 heteroatoms. The van der Waals surface area contributed by atoms with Crippen LogP contribution in [0.5, 0.6) is 0 Å². The SMILES string of the molecule is CCNC(=O)OCC1CCc2c(sc(NC(=O)CC(C)c3ccccn3)c2C#N)C1. The van der Waals surface area contributed by atoms with Crippen LogP contribution in [0.4, 0.5) is 9.80 Å². The Morgan fingerprint density at radius 3 is 2.97 bits per heavy atom. The third-order valence-corrected chi connectivity index (χ3v) is 6.36. The quantitative estimate of drug-likeness (QED) is 0.696. The number of amides is 2. The topological polar surface area (TPSA) is 104 Å². The Labute approximate surface area is 180 Å². The molecular weight excluding hydrogens is 400 g/mol. The Hall–Kier alpha value is -2.92. The summed E-state index contributed by atoms with van der Waals surface area (Å²) < 4.78 is 5.26. The fourth-order valence-corrected chi connectivity index (χ4v) is 4.95. The fraction of sp³-hybridized carbons (Fsp3) is 0.455. The number of hydrogen-bond acceptors (Lipinski definition) is 6. The van der Waals surface area contributed by atoms with E-state index in [2.05, 4.69) is 21.7 Å². The molecule has 2 heterocycles. The van der Waals surface area contributed by atoms with Crippen molar-refractivity contribution in [1.82, 2.24) is 10.3 Å². The van der Waals surface area contributed by atoms with Gasteiger partial charge < -0.3 is 15.4 Å². The van der Waals surface area contributed by atoms with Crippen molar-refractivity contribution in [1.29, 1.82) is 5.26 Å². The van der Waals surface area contributed by atoms with E-state index in [4.69, 9.17) is 4.74 Å². The Balaban J connectivity index is 1.63. The van der Waals surface area contributed by atoms with Crippen LogP contribution < -0.4 is 10.6 Å². The number of alkyl carbamates (subject to hydrolysis) is 1. The highest BCUT2D eigenvalue weighted by atomic mass is 32.1. The van der Waals surface area contributed by atoms with Crippen molar-refractivity contribution in [3.05, 3.63) is 46.1 Å². The summed E-state index contributed by atoms with van der Waals surface area (Å²) in [7, 11) is 0. The zero-order valence-electron chi connectivity index (χ0n) is 17.2. The van der Waals surface area contributed by atoms with Gasteiger partial charge in [0.2, 0.25) is 5.91 Å². The predicted octanol–water partition coefficient (Wildman–Crippen LogP) is 4.00. The summed E-state index contributed by atoms with van der Waals surface area (Å²) in [5, 5.41) is 15.8. The molecule has 2 aromatic heterocycles. The van der Waals surface area contributed by atoms with Gasteiger partial charge in [-0.15, -0.1) is 11.3 Å². The van der Waals surface area contributed by atoms with Crippen LogP contribution in [0.3, 0.4) is 0 Å². The lowest BCUT2D eigenvalue weighted by atomic mass is 9.88. The van der Waals surface area contributed by atoms with Crippen LogP contribution in [0.2, 0.25) is 0 Å². The maximum Gasteiger partial charge on any atom is 0.407 e. The predicted molar refractivity (Wildman–Crippen MR) is 115 cm³/mol. The van der Waals surface area contributed by atoms with E-state index in [0.717, 1.165) is 35.4 Å². The first-order chi connectivity index (χ1) is 14.5. The van der Waals surface area contributed by atoms with Crippen LogP contribution >= 0.6 is 11.3 Å². The molecule has 7 nitrogen and oxygen atoms in total. The molecule has 2 unspecified atom stereocenters. The minimum absolute atomic E-state index is 0.0119. The van der Waals surface area contributed by atoms with Gasteiger partial charge in [-0.05, 0) is 49.8 Å². The van der Waals surface area contributed by atoms with Gasteiger partial charge in [0.1, 0.15) is 11.1 Å². The summed E-state index contributed by atoms with van der Waals surface area (Å²) in [5.41, 5.74) is 2.45. The summed E-state index contributed by atoms with van der Waals surface area (Å²) in [5.74, 6) is 0.0829. The lowest BCUT2D eigenvalue weighted by Gasteiger charge is -2.21. The first-order valence-electron chi connectivity index (χ1n) is 10.2. The number of thiophene rings is 1. The van der Waals surface area contributed by atoms with Gasteiger partial charge in [0.25, 0.3) is 0 Å². The highest BCUT2D eigenvalue weighted by Gasteiger charge is 2.27. The molecule has 0 saturated heterocycles. The van der Waals surface area contributed by atoms with Crippen LogP contribution in [-0.2, 0) is 22.4 Å². The summed E-state index contributed by atoms with van der Waals surface area (Å²) >= 11 is 1.46. The second kappa shape index (κ2) is 10.2. The lowest BCUT2D eigenvalue weighted by Crippen LogP contribution is -2.27. The molecule has 158 valence electrons. The normalized spacial score (nSPS) is 16.1. The van der Waals surface area contributed by atoms with E-state index in [1.807, 2.05) is 32.0 Å². The standard InChI is InChI=1S/C22H26N4O3S/c1-3-24-22(28)29-13-15-7-8-16-17(12-23)21(30-19(16)11-15)26-20(27)10-14(2)18-6-4-5-9-25-18/h4-6,9,14-15H,3,7-8,10-11,13H2,1-2H3,(H,24,28)(H,26,27). The van der Waals surface area contributed by atoms with Gasteiger partial charge in [-0.1, -0.05) is 13.0 Å². The summed E-state index contributed by atoms with van der Waals surface area (Å²) in [6.07, 6.45) is 3.96. The van der Waals surface area contributed by atoms with E-state index in [1.54, 1.807) is 6.20 Å². The molecule has 0 radical (unpaired) electrons. The molecule has 0 spiro atoms. The molecule has 30 heavy (non-hydrogen) atoms. The van der Waals surface area contributed by atoms with Crippen molar-refractivity contribution in [2.24, 2.45) is 5.92 Å². The van der Waals surface area contributed by atoms with E-state index in [-0.39, 0.29) is 17.7 Å². The maximum atomic E-state index is 12.6. The van der Waals surface area contributed by atoms with Crippen LogP contribution in [0.1, 0.15) is 54.3 Å². The molecule has 1 aliphatic carbocycles. The highest BCUT2D eigenvalue weighted by molar-refractivity contribution is 7.16. The molecule has 2 aromatic rings. The van der Waals surface area contributed by atoms with Gasteiger partial charge in [0.15, 0.2) is 0 Å². The fourth-order valence-electron chi connectivity index (χ4n) is 3.62. The Kier molecular flexibility index (Phi) is 7.41. The number of aromatic nitrogens is 1. The minimum Gasteiger partial charge on any atom is -0.449 e. The number of nitrogens with zero attached hydrogens (tertiary/aromatic N) is 2. The van der Waals surface area contributed by atoms with Gasteiger partial charge in [-0.25, -0.2) is 4.79 Å². The maximum absolute atomic E-state index is 12.6. The molecule has 0 fully saturated rings. The summed E-state index contributed by atoms with van der Waals surface area (Å²) in [4.78, 5) is 29.5. The second-order valence-corrected chi connectivity index (χ2v) is 8.57. The van der Waals surface area contributed by atoms with Crippen molar-refractivity contribution < 1.29 is 14.3 Å². The number of fused-ring (bicyclic) bond motifs is 1. The van der Waals surface area contributed by atoms with Gasteiger partial charge in [-0.2, -0.15) is 5.26 Å². The molecule has 0 bridgehead atoms. The van der Waals surface area contributed by atoms with Crippen LogP contribution in [-0.4, -0.2) is 30.1 Å². The third kappa shape index (κ3) is 5.36. The van der Waals surface area contributed by atoms with Crippen molar-refractivity contribution in [2.45, 2.75) is 45.4 Å². The van der Waals surface area contributed by atoms with Crippen LogP contribution in [0, 0.1) is 17.2 Å². The Morgan fingerprint density at radius 1 is 1.43 bits per heavy atom. The number of nitrogens with one attached hydrogen (secondary N) is 2. The number of nitriles is 1. The molecule has 3 rings (SSSR count). The average Bonchev–Trinajstić information content (AvgIpc) is 3.08. The van der Waals surface area contributed by atoms with Crippen molar-refractivity contribution >= 4 is 28.3 Å². The van der Waals surface area contributed by atoms with Gasteiger partial charge in [-0.3, -0.25) is 9.78 Å². The molecular formula is C22H26N4O3S. The van der Waals surface area contributed by atoms with Crippen LogP contribution in [0.25, 0.3) is 0 Å². The van der Waals surface area contributed by atoms with E-state index in [1.165, 1.54) is 11.3 Å². The number of carbonyl (C=O) groups is 2. The number of anilines is 1. The number of ether oxygens (including phenoxy) is 1. The molecule has 0 aliphatic heterocycles. The molecule has 0 saturated carbocycles. The van der Waals surface area contributed by atoms with Crippen molar-refractivity contribution in [2.75, 3.05) is 18.5 Å². The van der Waals surface area contributed by atoms with Crippen molar-refractivity contribution in [3.63, 3.8) is 0 Å². The molecule has 0 aromatic carbocycles. The van der Waals surface area contributed by atoms with Gasteiger partial charge in [0.05, 0.1) is 12.2 Å². The monoisotopic (exact) mass is 426 g/mol. The molecule has 1 aliphatic rings. The first kappa shape index (κ1) is 21.8. The molecule has 2 amide bonds. The largest absolute Gasteiger partial charge is 0.449 e. The zero-order chi connectivity index (χ0) is 21.5. The Bertz CT molecular complexity index is 936. The summed E-state index contributed by atoms with van der Waals surface area (Å²) in [6, 6.07) is 7.93. The second-order valence-electron chi connectivity index (χ2n) is 7.47. The number of pyridine rings is 1. The number of carbonyl (C=O) groups excluding carboxylic acids is 2. The molecule has 2 N–H and O–H groups in total. The van der Waals surface area contributed by atoms with E-state index < -0.39 is 6.09 Å². The molecule has 2 atom stereocenters. The Morgan fingerprint density at radius 2 is 2.27 bits per heavy atom. The first-order valence-corrected chi connectivity index (χ1v) is 11.0. The summed E-state index contributed by atoms with van der Waals surface area (Å²) in [6.45, 7) is 4.70. The van der Waals surface area contributed by atoms with E-state index in [0.29, 0.717) is 30.1 Å². The van der Waals surface area contributed by atoms with Gasteiger partial charge in [0, 0.05) is 35.7 Å². The van der Waals surface area contributed by atoms with E-state index in [9.17, 15) is 14.9 Å². The average molecular weight is 427 g/mol. The van der Waals surface area contributed by atoms with Gasteiger partial charge >= 0.3 is 6.09 Å². The van der Waals surface area contributed by atoms with Crippen molar-refractivity contribution in [3.8, 4) is 6.07 Å². The zero-order valence-corrected chi connectivity index (χ0v) is 18.1.